The zero-order valence-corrected chi connectivity index (χ0v) is 13.2. The van der Waals surface area contributed by atoms with Gasteiger partial charge >= 0.3 is 0 Å². The molecule has 3 rings (SSSR count). The summed E-state index contributed by atoms with van der Waals surface area (Å²) >= 11 is 1.78. The van der Waals surface area contributed by atoms with Gasteiger partial charge in [-0.05, 0) is 49.6 Å². The third kappa shape index (κ3) is 3.31. The van der Waals surface area contributed by atoms with Crippen LogP contribution in [-0.4, -0.2) is 11.0 Å². The van der Waals surface area contributed by atoms with Crippen LogP contribution in [0.1, 0.15) is 18.1 Å². The highest BCUT2D eigenvalue weighted by Crippen LogP contribution is 2.32. The smallest absolute Gasteiger partial charge is 0.0780 e. The zero-order chi connectivity index (χ0) is 14.8. The van der Waals surface area contributed by atoms with Crippen molar-refractivity contribution in [3.05, 3.63) is 59.7 Å². The molecule has 0 aliphatic carbocycles. The fourth-order valence-electron chi connectivity index (χ4n) is 2.54. The molecule has 0 aliphatic rings. The molecule has 1 atom stereocenters. The summed E-state index contributed by atoms with van der Waals surface area (Å²) in [5.74, 6) is 0. The first-order chi connectivity index (χ1) is 10.1. The van der Waals surface area contributed by atoms with E-state index in [2.05, 4.69) is 60.4 Å². The summed E-state index contributed by atoms with van der Waals surface area (Å²) in [7, 11) is 0. The lowest BCUT2D eigenvalue weighted by Crippen LogP contribution is -2.17. The standard InChI is InChI=1S/C18H20N2S/c1-12-9-14(10-13(2)19)7-8-17(12)21-18-11-15-5-3-4-6-16(15)20-18/h3-9,11,13,20H,10,19H2,1-2H3. The summed E-state index contributed by atoms with van der Waals surface area (Å²) in [6.45, 7) is 4.21. The van der Waals surface area contributed by atoms with Crippen molar-refractivity contribution in [2.24, 2.45) is 5.73 Å². The number of aromatic nitrogens is 1. The molecule has 2 aromatic carbocycles. The van der Waals surface area contributed by atoms with E-state index in [1.54, 1.807) is 11.8 Å². The number of hydrogen-bond acceptors (Lipinski definition) is 2. The molecular weight excluding hydrogens is 276 g/mol. The maximum absolute atomic E-state index is 5.87. The van der Waals surface area contributed by atoms with Gasteiger partial charge < -0.3 is 10.7 Å². The van der Waals surface area contributed by atoms with Gasteiger partial charge in [-0.15, -0.1) is 0 Å². The summed E-state index contributed by atoms with van der Waals surface area (Å²) in [4.78, 5) is 4.75. The minimum absolute atomic E-state index is 0.205. The number of benzene rings is 2. The number of H-pyrrole nitrogens is 1. The number of aryl methyl sites for hydroxylation is 1. The molecule has 0 saturated heterocycles. The molecule has 21 heavy (non-hydrogen) atoms. The van der Waals surface area contributed by atoms with Crippen molar-refractivity contribution in [2.45, 2.75) is 36.2 Å². The number of fused-ring (bicyclic) bond motifs is 1. The first kappa shape index (κ1) is 14.2. The highest BCUT2D eigenvalue weighted by atomic mass is 32.2. The quantitative estimate of drug-likeness (QED) is 0.743. The lowest BCUT2D eigenvalue weighted by molar-refractivity contribution is 0.737. The maximum Gasteiger partial charge on any atom is 0.0780 e. The van der Waals surface area contributed by atoms with Crippen LogP contribution in [0, 0.1) is 6.92 Å². The molecule has 0 fully saturated rings. The van der Waals surface area contributed by atoms with Crippen LogP contribution in [0.15, 0.2) is 58.5 Å². The van der Waals surface area contributed by atoms with E-state index < -0.39 is 0 Å². The van der Waals surface area contributed by atoms with Gasteiger partial charge in [-0.1, -0.05) is 42.1 Å². The van der Waals surface area contributed by atoms with E-state index in [9.17, 15) is 0 Å². The van der Waals surface area contributed by atoms with Crippen molar-refractivity contribution in [3.8, 4) is 0 Å². The highest BCUT2D eigenvalue weighted by molar-refractivity contribution is 7.99. The van der Waals surface area contributed by atoms with Gasteiger partial charge in [0, 0.05) is 21.8 Å². The van der Waals surface area contributed by atoms with Crippen LogP contribution in [0.2, 0.25) is 0 Å². The Morgan fingerprint density at radius 3 is 2.67 bits per heavy atom. The number of nitrogens with two attached hydrogens (primary N) is 1. The zero-order valence-electron chi connectivity index (χ0n) is 12.4. The van der Waals surface area contributed by atoms with Crippen LogP contribution in [0.25, 0.3) is 10.9 Å². The minimum Gasteiger partial charge on any atom is -0.349 e. The SMILES string of the molecule is Cc1cc(CC(C)N)ccc1Sc1cc2ccccc2[nH]1. The number of rotatable bonds is 4. The molecule has 0 spiro atoms. The molecule has 0 bridgehead atoms. The summed E-state index contributed by atoms with van der Waals surface area (Å²) in [5, 5.41) is 2.44. The summed E-state index contributed by atoms with van der Waals surface area (Å²) in [6.07, 6.45) is 0.929. The molecule has 3 N–H and O–H groups in total. The Balaban J connectivity index is 1.84. The molecule has 0 aliphatic heterocycles. The van der Waals surface area contributed by atoms with Crippen molar-refractivity contribution in [1.82, 2.24) is 4.98 Å². The summed E-state index contributed by atoms with van der Waals surface area (Å²) in [5.41, 5.74) is 9.67. The maximum atomic E-state index is 5.87. The largest absolute Gasteiger partial charge is 0.349 e. The van der Waals surface area contributed by atoms with E-state index in [0.29, 0.717) is 0 Å². The third-order valence-electron chi connectivity index (χ3n) is 3.52. The van der Waals surface area contributed by atoms with Gasteiger partial charge in [0.25, 0.3) is 0 Å². The van der Waals surface area contributed by atoms with Crippen molar-refractivity contribution in [3.63, 3.8) is 0 Å². The molecule has 1 aromatic heterocycles. The molecule has 108 valence electrons. The normalized spacial score (nSPS) is 12.7. The van der Waals surface area contributed by atoms with Crippen LogP contribution >= 0.6 is 11.8 Å². The second-order valence-electron chi connectivity index (χ2n) is 5.60. The van der Waals surface area contributed by atoms with E-state index in [0.717, 1.165) is 6.42 Å². The van der Waals surface area contributed by atoms with Crippen LogP contribution in [0.3, 0.4) is 0 Å². The molecule has 0 radical (unpaired) electrons. The van der Waals surface area contributed by atoms with E-state index in [1.807, 2.05) is 6.92 Å². The number of hydrogen-bond donors (Lipinski definition) is 2. The lowest BCUT2D eigenvalue weighted by atomic mass is 10.1. The average Bonchev–Trinajstić information content (AvgIpc) is 2.83. The predicted octanol–water partition coefficient (Wildman–Crippen LogP) is 4.52. The average molecular weight is 296 g/mol. The first-order valence-corrected chi connectivity index (χ1v) is 8.04. The fraction of sp³-hybridized carbons (Fsp3) is 0.222. The molecular formula is C18H20N2S. The fourth-order valence-corrected chi connectivity index (χ4v) is 3.48. The molecule has 1 unspecified atom stereocenters. The van der Waals surface area contributed by atoms with Crippen molar-refractivity contribution < 1.29 is 0 Å². The minimum atomic E-state index is 0.205. The molecule has 0 amide bonds. The number of nitrogens with one attached hydrogen (secondary N) is 1. The van der Waals surface area contributed by atoms with E-state index >= 15 is 0 Å². The number of para-hydroxylation sites is 1. The van der Waals surface area contributed by atoms with Gasteiger partial charge in [0.2, 0.25) is 0 Å². The molecule has 3 aromatic rings. The van der Waals surface area contributed by atoms with Gasteiger partial charge in [0.1, 0.15) is 0 Å². The van der Waals surface area contributed by atoms with Gasteiger partial charge in [0.15, 0.2) is 0 Å². The topological polar surface area (TPSA) is 41.8 Å². The van der Waals surface area contributed by atoms with Crippen molar-refractivity contribution in [1.29, 1.82) is 0 Å². The Labute approximate surface area is 129 Å². The molecule has 3 heteroatoms. The van der Waals surface area contributed by atoms with Crippen LogP contribution in [0.4, 0.5) is 0 Å². The van der Waals surface area contributed by atoms with Crippen LogP contribution in [-0.2, 0) is 6.42 Å². The third-order valence-corrected chi connectivity index (χ3v) is 4.64. The summed E-state index contributed by atoms with van der Waals surface area (Å²) < 4.78 is 0. The monoisotopic (exact) mass is 296 g/mol. The molecule has 0 saturated carbocycles. The Morgan fingerprint density at radius 1 is 1.14 bits per heavy atom. The Bertz CT molecular complexity index is 726. The van der Waals surface area contributed by atoms with Gasteiger partial charge in [-0.25, -0.2) is 0 Å². The van der Waals surface area contributed by atoms with Gasteiger partial charge in [-0.2, -0.15) is 0 Å². The van der Waals surface area contributed by atoms with Crippen LogP contribution in [0.5, 0.6) is 0 Å². The van der Waals surface area contributed by atoms with Gasteiger partial charge in [-0.3, -0.25) is 0 Å². The van der Waals surface area contributed by atoms with E-state index in [4.69, 9.17) is 5.73 Å². The second kappa shape index (κ2) is 5.96. The van der Waals surface area contributed by atoms with Gasteiger partial charge in [0.05, 0.1) is 5.03 Å². The Hall–Kier alpha value is -1.71. The summed E-state index contributed by atoms with van der Waals surface area (Å²) in [6, 6.07) is 17.4. The Morgan fingerprint density at radius 2 is 1.95 bits per heavy atom. The number of aromatic amines is 1. The van der Waals surface area contributed by atoms with Crippen LogP contribution < -0.4 is 5.73 Å². The Kier molecular flexibility index (Phi) is 4.04. The highest BCUT2D eigenvalue weighted by Gasteiger charge is 2.06. The van der Waals surface area contributed by atoms with E-state index in [-0.39, 0.29) is 6.04 Å². The predicted molar refractivity (Wildman–Crippen MR) is 91.0 cm³/mol. The molecule has 2 nitrogen and oxygen atoms in total. The molecule has 1 heterocycles. The van der Waals surface area contributed by atoms with E-state index in [1.165, 1.54) is 32.0 Å². The van der Waals surface area contributed by atoms with Crippen molar-refractivity contribution >= 4 is 22.7 Å². The first-order valence-electron chi connectivity index (χ1n) is 7.22. The lowest BCUT2D eigenvalue weighted by Gasteiger charge is -2.09. The second-order valence-corrected chi connectivity index (χ2v) is 6.69. The van der Waals surface area contributed by atoms with Crippen molar-refractivity contribution in [2.75, 3.05) is 0 Å².